The van der Waals surface area contributed by atoms with Crippen LogP contribution in [-0.2, 0) is 19.6 Å². The zero-order chi connectivity index (χ0) is 22.6. The molecular formula is C22H27N3O5S. The van der Waals surface area contributed by atoms with E-state index in [-0.39, 0.29) is 5.91 Å². The SMILES string of the molecule is Cc1cccc(N(C(C)C(=O)Nc2ccccc2C(=O)N2CCOCC2)S(C)(=O)=O)c1. The largest absolute Gasteiger partial charge is 0.378 e. The Labute approximate surface area is 182 Å². The van der Waals surface area contributed by atoms with Crippen molar-refractivity contribution in [3.63, 3.8) is 0 Å². The molecule has 1 N–H and O–H groups in total. The molecule has 1 atom stereocenters. The third-order valence-corrected chi connectivity index (χ3v) is 6.30. The van der Waals surface area contributed by atoms with E-state index in [1.807, 2.05) is 13.0 Å². The highest BCUT2D eigenvalue weighted by atomic mass is 32.2. The van der Waals surface area contributed by atoms with E-state index in [9.17, 15) is 18.0 Å². The lowest BCUT2D eigenvalue weighted by molar-refractivity contribution is -0.116. The monoisotopic (exact) mass is 445 g/mol. The highest BCUT2D eigenvalue weighted by molar-refractivity contribution is 7.92. The summed E-state index contributed by atoms with van der Waals surface area (Å²) in [7, 11) is -3.73. The Morgan fingerprint density at radius 1 is 1.10 bits per heavy atom. The number of rotatable bonds is 6. The number of aryl methyl sites for hydroxylation is 1. The van der Waals surface area contributed by atoms with Crippen LogP contribution in [0.4, 0.5) is 11.4 Å². The predicted molar refractivity (Wildman–Crippen MR) is 120 cm³/mol. The summed E-state index contributed by atoms with van der Waals surface area (Å²) < 4.78 is 31.4. The van der Waals surface area contributed by atoms with Gasteiger partial charge in [-0.25, -0.2) is 8.42 Å². The Hall–Kier alpha value is -2.91. The third-order valence-electron chi connectivity index (χ3n) is 5.06. The number of benzene rings is 2. The van der Waals surface area contributed by atoms with Gasteiger partial charge in [-0.1, -0.05) is 24.3 Å². The Morgan fingerprint density at radius 2 is 1.77 bits per heavy atom. The summed E-state index contributed by atoms with van der Waals surface area (Å²) in [6, 6.07) is 12.6. The van der Waals surface area contributed by atoms with E-state index in [1.165, 1.54) is 6.92 Å². The number of morpholine rings is 1. The molecule has 0 saturated carbocycles. The Kier molecular flexibility index (Phi) is 6.97. The van der Waals surface area contributed by atoms with Crippen molar-refractivity contribution in [2.45, 2.75) is 19.9 Å². The molecule has 0 radical (unpaired) electrons. The standard InChI is InChI=1S/C22H27N3O5S/c1-16-7-6-8-18(15-16)25(31(3,28)29)17(2)21(26)23-20-10-5-4-9-19(20)22(27)24-11-13-30-14-12-24/h4-10,15,17H,11-14H2,1-3H3,(H,23,26). The highest BCUT2D eigenvalue weighted by Crippen LogP contribution is 2.24. The minimum atomic E-state index is -3.73. The van der Waals surface area contributed by atoms with Gasteiger partial charge < -0.3 is 15.0 Å². The quantitative estimate of drug-likeness (QED) is 0.736. The van der Waals surface area contributed by atoms with Crippen molar-refractivity contribution in [1.82, 2.24) is 4.90 Å². The molecule has 0 bridgehead atoms. The maximum atomic E-state index is 13.0. The number of nitrogens with one attached hydrogen (secondary N) is 1. The number of para-hydroxylation sites is 1. The summed E-state index contributed by atoms with van der Waals surface area (Å²) in [6.45, 7) is 5.26. The Morgan fingerprint density at radius 3 is 2.42 bits per heavy atom. The number of carbonyl (C=O) groups is 2. The van der Waals surface area contributed by atoms with Gasteiger partial charge in [0.2, 0.25) is 15.9 Å². The normalized spacial score (nSPS) is 15.3. The molecule has 1 aliphatic heterocycles. The average molecular weight is 446 g/mol. The smallest absolute Gasteiger partial charge is 0.256 e. The Balaban J connectivity index is 1.85. The second kappa shape index (κ2) is 9.49. The second-order valence-corrected chi connectivity index (χ2v) is 9.37. The van der Waals surface area contributed by atoms with Crippen molar-refractivity contribution in [2.24, 2.45) is 0 Å². The van der Waals surface area contributed by atoms with Crippen LogP contribution in [0, 0.1) is 6.92 Å². The molecule has 166 valence electrons. The molecular weight excluding hydrogens is 418 g/mol. The van der Waals surface area contributed by atoms with Crippen LogP contribution in [0.1, 0.15) is 22.8 Å². The van der Waals surface area contributed by atoms with Crippen LogP contribution in [0.25, 0.3) is 0 Å². The number of hydrogen-bond acceptors (Lipinski definition) is 5. The van der Waals surface area contributed by atoms with Crippen molar-refractivity contribution in [3.05, 3.63) is 59.7 Å². The number of sulfonamides is 1. The molecule has 31 heavy (non-hydrogen) atoms. The van der Waals surface area contributed by atoms with Gasteiger partial charge in [0.25, 0.3) is 5.91 Å². The number of ether oxygens (including phenoxy) is 1. The molecule has 2 aromatic rings. The molecule has 1 fully saturated rings. The van der Waals surface area contributed by atoms with Crippen LogP contribution >= 0.6 is 0 Å². The van der Waals surface area contributed by atoms with Crippen molar-refractivity contribution in [3.8, 4) is 0 Å². The maximum absolute atomic E-state index is 13.0. The fourth-order valence-electron chi connectivity index (χ4n) is 3.53. The fraction of sp³-hybridized carbons (Fsp3) is 0.364. The summed E-state index contributed by atoms with van der Waals surface area (Å²) in [5.74, 6) is -0.736. The Bertz CT molecular complexity index is 1060. The molecule has 1 heterocycles. The summed E-state index contributed by atoms with van der Waals surface area (Å²) in [6.07, 6.45) is 1.06. The van der Waals surface area contributed by atoms with Gasteiger partial charge in [-0.05, 0) is 43.7 Å². The van der Waals surface area contributed by atoms with Crippen LogP contribution in [0.3, 0.4) is 0 Å². The second-order valence-electron chi connectivity index (χ2n) is 7.51. The topological polar surface area (TPSA) is 96.0 Å². The molecule has 2 amide bonds. The van der Waals surface area contributed by atoms with Crippen molar-refractivity contribution in [2.75, 3.05) is 42.2 Å². The zero-order valence-corrected chi connectivity index (χ0v) is 18.7. The van der Waals surface area contributed by atoms with Gasteiger partial charge in [0.15, 0.2) is 0 Å². The van der Waals surface area contributed by atoms with Gasteiger partial charge >= 0.3 is 0 Å². The van der Waals surface area contributed by atoms with E-state index in [0.717, 1.165) is 16.1 Å². The molecule has 1 unspecified atom stereocenters. The van der Waals surface area contributed by atoms with E-state index in [1.54, 1.807) is 47.4 Å². The average Bonchev–Trinajstić information content (AvgIpc) is 2.73. The highest BCUT2D eigenvalue weighted by Gasteiger charge is 2.30. The first-order valence-corrected chi connectivity index (χ1v) is 11.9. The van der Waals surface area contributed by atoms with Gasteiger partial charge in [-0.2, -0.15) is 0 Å². The van der Waals surface area contributed by atoms with E-state index in [4.69, 9.17) is 4.74 Å². The molecule has 8 nitrogen and oxygen atoms in total. The first kappa shape index (κ1) is 22.8. The first-order chi connectivity index (χ1) is 14.7. The van der Waals surface area contributed by atoms with Crippen molar-refractivity contribution >= 4 is 33.2 Å². The molecule has 0 aromatic heterocycles. The molecule has 1 aliphatic rings. The molecule has 9 heteroatoms. The minimum Gasteiger partial charge on any atom is -0.378 e. The van der Waals surface area contributed by atoms with E-state index >= 15 is 0 Å². The number of carbonyl (C=O) groups excluding carboxylic acids is 2. The number of anilines is 2. The van der Waals surface area contributed by atoms with E-state index in [2.05, 4.69) is 5.32 Å². The molecule has 1 saturated heterocycles. The van der Waals surface area contributed by atoms with Crippen molar-refractivity contribution in [1.29, 1.82) is 0 Å². The fourth-order valence-corrected chi connectivity index (χ4v) is 4.69. The summed E-state index contributed by atoms with van der Waals surface area (Å²) in [5, 5.41) is 2.74. The van der Waals surface area contributed by atoms with E-state index in [0.29, 0.717) is 43.2 Å². The molecule has 3 rings (SSSR count). The number of hydrogen-bond donors (Lipinski definition) is 1. The van der Waals surface area contributed by atoms with Crippen LogP contribution in [-0.4, -0.2) is 63.7 Å². The maximum Gasteiger partial charge on any atom is 0.256 e. The molecule has 2 aromatic carbocycles. The molecule has 0 aliphatic carbocycles. The van der Waals surface area contributed by atoms with Crippen LogP contribution in [0.5, 0.6) is 0 Å². The lowest BCUT2D eigenvalue weighted by atomic mass is 10.1. The van der Waals surface area contributed by atoms with Crippen LogP contribution < -0.4 is 9.62 Å². The predicted octanol–water partition coefficient (Wildman–Crippen LogP) is 2.26. The zero-order valence-electron chi connectivity index (χ0n) is 17.9. The van der Waals surface area contributed by atoms with Gasteiger partial charge in [-0.3, -0.25) is 13.9 Å². The lowest BCUT2D eigenvalue weighted by Gasteiger charge is -2.29. The van der Waals surface area contributed by atoms with Crippen LogP contribution in [0.2, 0.25) is 0 Å². The van der Waals surface area contributed by atoms with E-state index < -0.39 is 22.0 Å². The summed E-state index contributed by atoms with van der Waals surface area (Å²) in [5.41, 5.74) is 1.97. The summed E-state index contributed by atoms with van der Waals surface area (Å²) in [4.78, 5) is 27.7. The van der Waals surface area contributed by atoms with Gasteiger partial charge in [0.1, 0.15) is 6.04 Å². The summed E-state index contributed by atoms with van der Waals surface area (Å²) >= 11 is 0. The molecule has 0 spiro atoms. The van der Waals surface area contributed by atoms with Gasteiger partial charge in [0, 0.05) is 13.1 Å². The lowest BCUT2D eigenvalue weighted by Crippen LogP contribution is -2.45. The van der Waals surface area contributed by atoms with Crippen molar-refractivity contribution < 1.29 is 22.7 Å². The van der Waals surface area contributed by atoms with Gasteiger partial charge in [0.05, 0.1) is 36.4 Å². The third kappa shape index (κ3) is 5.42. The van der Waals surface area contributed by atoms with Crippen LogP contribution in [0.15, 0.2) is 48.5 Å². The number of nitrogens with zero attached hydrogens (tertiary/aromatic N) is 2. The number of amides is 2. The first-order valence-electron chi connectivity index (χ1n) is 10.0. The minimum absolute atomic E-state index is 0.203. The van der Waals surface area contributed by atoms with Gasteiger partial charge in [-0.15, -0.1) is 0 Å².